The van der Waals surface area contributed by atoms with Gasteiger partial charge in [0, 0.05) is 12.0 Å². The molecule has 0 radical (unpaired) electrons. The average molecular weight is 435 g/mol. The van der Waals surface area contributed by atoms with Gasteiger partial charge in [0.1, 0.15) is 5.76 Å². The molecule has 170 valence electrons. The van der Waals surface area contributed by atoms with E-state index in [4.69, 9.17) is 14.1 Å². The van der Waals surface area contributed by atoms with Crippen molar-refractivity contribution < 1.29 is 9.15 Å². The first-order valence-electron chi connectivity index (χ1n) is 11.1. The highest BCUT2D eigenvalue weighted by molar-refractivity contribution is 5.79. The van der Waals surface area contributed by atoms with Gasteiger partial charge in [-0.3, -0.25) is 0 Å². The van der Waals surface area contributed by atoms with Crippen LogP contribution in [-0.4, -0.2) is 17.5 Å². The summed E-state index contributed by atoms with van der Waals surface area (Å²) in [5.41, 5.74) is 3.40. The van der Waals surface area contributed by atoms with Crippen LogP contribution in [0.5, 0.6) is 0 Å². The monoisotopic (exact) mass is 434 g/mol. The van der Waals surface area contributed by atoms with E-state index in [1.807, 2.05) is 37.3 Å². The average Bonchev–Trinajstić information content (AvgIpc) is 3.27. The Balaban J connectivity index is 1.59. The first kappa shape index (κ1) is 23.5. The molecule has 3 rings (SSSR count). The lowest BCUT2D eigenvalue weighted by atomic mass is 9.94. The van der Waals surface area contributed by atoms with Gasteiger partial charge in [-0.15, -0.1) is 0 Å². The van der Waals surface area contributed by atoms with Crippen molar-refractivity contribution in [3.63, 3.8) is 0 Å². The van der Waals surface area contributed by atoms with Gasteiger partial charge < -0.3 is 19.8 Å². The van der Waals surface area contributed by atoms with Crippen LogP contribution in [0, 0.1) is 0 Å². The number of rotatable bonds is 9. The van der Waals surface area contributed by atoms with Crippen molar-refractivity contribution in [2.45, 2.75) is 59.4 Å². The first-order chi connectivity index (χ1) is 15.5. The number of nitrogens with one attached hydrogen (secondary N) is 2. The third kappa shape index (κ3) is 7.24. The lowest BCUT2D eigenvalue weighted by Crippen LogP contribution is -2.36. The number of benzene rings is 2. The summed E-state index contributed by atoms with van der Waals surface area (Å²) >= 11 is 0. The summed E-state index contributed by atoms with van der Waals surface area (Å²) in [6, 6.07) is 18.5. The molecule has 0 amide bonds. The normalized spacial score (nSPS) is 12.1. The summed E-state index contributed by atoms with van der Waals surface area (Å²) in [6.07, 6.45) is 1.80. The summed E-state index contributed by atoms with van der Waals surface area (Å²) in [5, 5.41) is 6.59. The second kappa shape index (κ2) is 11.5. The molecular weight excluding hydrogens is 400 g/mol. The summed E-state index contributed by atoms with van der Waals surface area (Å²) < 4.78 is 11.8. The molecule has 0 bridgehead atoms. The second-order valence-corrected chi connectivity index (χ2v) is 8.66. The van der Waals surface area contributed by atoms with E-state index >= 15 is 0 Å². The molecule has 0 aliphatic heterocycles. The Morgan fingerprint density at radius 2 is 1.69 bits per heavy atom. The van der Waals surface area contributed by atoms with Crippen LogP contribution in [0.1, 0.15) is 56.0 Å². The van der Waals surface area contributed by atoms with E-state index in [0.29, 0.717) is 32.2 Å². The summed E-state index contributed by atoms with van der Waals surface area (Å²) in [5.74, 6) is 2.25. The van der Waals surface area contributed by atoms with Crippen LogP contribution in [0.25, 0.3) is 0 Å². The quantitative estimate of drug-likeness (QED) is 0.368. The predicted octanol–water partition coefficient (Wildman–Crippen LogP) is 4.94. The van der Waals surface area contributed by atoms with Crippen LogP contribution in [-0.2, 0) is 36.5 Å². The number of aliphatic imine (C=N–C) groups is 1. The molecule has 32 heavy (non-hydrogen) atoms. The molecular formula is C26H34N4O2. The van der Waals surface area contributed by atoms with Crippen LogP contribution in [0.15, 0.2) is 70.2 Å². The molecule has 0 unspecified atom stereocenters. The van der Waals surface area contributed by atoms with Crippen LogP contribution in [0.3, 0.4) is 0 Å². The highest BCUT2D eigenvalue weighted by Crippen LogP contribution is 2.22. The highest BCUT2D eigenvalue weighted by Gasteiger charge is 2.19. The van der Waals surface area contributed by atoms with Gasteiger partial charge in [-0.1, -0.05) is 75.4 Å². The Hall–Kier alpha value is -3.12. The van der Waals surface area contributed by atoms with Crippen LogP contribution < -0.4 is 10.6 Å². The Morgan fingerprint density at radius 1 is 0.969 bits per heavy atom. The molecule has 0 atom stereocenters. The Labute approximate surface area is 191 Å². The zero-order valence-electron chi connectivity index (χ0n) is 19.5. The molecule has 2 N–H and O–H groups in total. The van der Waals surface area contributed by atoms with Crippen molar-refractivity contribution in [1.29, 1.82) is 0 Å². The fraction of sp³-hybridized carbons (Fsp3) is 0.385. The van der Waals surface area contributed by atoms with Crippen molar-refractivity contribution in [2.75, 3.05) is 6.54 Å². The minimum absolute atomic E-state index is 0.0594. The molecule has 1 heterocycles. The van der Waals surface area contributed by atoms with Crippen molar-refractivity contribution in [3.05, 3.63) is 89.1 Å². The smallest absolute Gasteiger partial charge is 0.213 e. The number of oxazole rings is 1. The van der Waals surface area contributed by atoms with Crippen LogP contribution in [0.4, 0.5) is 0 Å². The van der Waals surface area contributed by atoms with Crippen LogP contribution in [0.2, 0.25) is 0 Å². The molecule has 3 aromatic rings. The van der Waals surface area contributed by atoms with E-state index in [1.165, 1.54) is 5.56 Å². The van der Waals surface area contributed by atoms with Crippen LogP contribution >= 0.6 is 0 Å². The van der Waals surface area contributed by atoms with Crippen molar-refractivity contribution in [2.24, 2.45) is 4.99 Å². The first-order valence-corrected chi connectivity index (χ1v) is 11.1. The summed E-state index contributed by atoms with van der Waals surface area (Å²) in [7, 11) is 0. The number of hydrogen-bond acceptors (Lipinski definition) is 4. The summed E-state index contributed by atoms with van der Waals surface area (Å²) in [4.78, 5) is 9.13. The summed E-state index contributed by atoms with van der Waals surface area (Å²) in [6.45, 7) is 11.3. The number of ether oxygens (including phenoxy) is 1. The predicted molar refractivity (Wildman–Crippen MR) is 128 cm³/mol. The minimum atomic E-state index is -0.0594. The Morgan fingerprint density at radius 3 is 2.38 bits per heavy atom. The van der Waals surface area contributed by atoms with Gasteiger partial charge in [0.25, 0.3) is 0 Å². The number of aromatic nitrogens is 1. The van der Waals surface area contributed by atoms with Crippen molar-refractivity contribution in [3.8, 4) is 0 Å². The SMILES string of the molecule is CCNC(=NCc1ccccc1COCc1ccccc1)NCc1ncc(C(C)(C)C)o1. The number of guanidine groups is 1. The fourth-order valence-corrected chi connectivity index (χ4v) is 3.11. The molecule has 2 aromatic carbocycles. The number of hydrogen-bond donors (Lipinski definition) is 2. The van der Waals surface area contributed by atoms with Crippen molar-refractivity contribution >= 4 is 5.96 Å². The lowest BCUT2D eigenvalue weighted by Gasteiger charge is -2.13. The molecule has 6 heteroatoms. The van der Waals surface area contributed by atoms with E-state index in [1.54, 1.807) is 6.20 Å². The van der Waals surface area contributed by atoms with Gasteiger partial charge in [-0.2, -0.15) is 0 Å². The zero-order chi connectivity index (χ0) is 22.8. The molecule has 0 spiro atoms. The fourth-order valence-electron chi connectivity index (χ4n) is 3.11. The van der Waals surface area contributed by atoms with Gasteiger partial charge in [-0.25, -0.2) is 9.98 Å². The van der Waals surface area contributed by atoms with E-state index in [9.17, 15) is 0 Å². The molecule has 0 fully saturated rings. The Kier molecular flexibility index (Phi) is 8.45. The topological polar surface area (TPSA) is 71.7 Å². The number of nitrogens with zero attached hydrogens (tertiary/aromatic N) is 2. The van der Waals surface area contributed by atoms with Gasteiger partial charge in [0.15, 0.2) is 5.96 Å². The molecule has 1 aromatic heterocycles. The van der Waals surface area contributed by atoms with Gasteiger partial charge >= 0.3 is 0 Å². The molecule has 6 nitrogen and oxygen atoms in total. The zero-order valence-corrected chi connectivity index (χ0v) is 19.5. The Bertz CT molecular complexity index is 990. The van der Waals surface area contributed by atoms with E-state index in [-0.39, 0.29) is 5.41 Å². The molecule has 0 aliphatic carbocycles. The standard InChI is InChI=1S/C26H34N4O2/c1-5-27-25(30-17-24-28-16-23(32-24)26(2,3)4)29-15-21-13-9-10-14-22(21)19-31-18-20-11-7-6-8-12-20/h6-14,16H,5,15,17-19H2,1-4H3,(H2,27,29,30). The highest BCUT2D eigenvalue weighted by atomic mass is 16.5. The van der Waals surface area contributed by atoms with E-state index in [2.05, 4.69) is 60.7 Å². The maximum atomic E-state index is 5.94. The largest absolute Gasteiger partial charge is 0.443 e. The second-order valence-electron chi connectivity index (χ2n) is 8.66. The maximum Gasteiger partial charge on any atom is 0.213 e. The van der Waals surface area contributed by atoms with Gasteiger partial charge in [0.05, 0.1) is 32.5 Å². The van der Waals surface area contributed by atoms with Crippen molar-refractivity contribution in [1.82, 2.24) is 15.6 Å². The van der Waals surface area contributed by atoms with Gasteiger partial charge in [-0.05, 0) is 23.6 Å². The third-order valence-electron chi connectivity index (χ3n) is 4.94. The minimum Gasteiger partial charge on any atom is -0.443 e. The lowest BCUT2D eigenvalue weighted by molar-refractivity contribution is 0.106. The third-order valence-corrected chi connectivity index (χ3v) is 4.94. The molecule has 0 saturated carbocycles. The molecule has 0 aliphatic rings. The van der Waals surface area contributed by atoms with Gasteiger partial charge in [0.2, 0.25) is 5.89 Å². The maximum absolute atomic E-state index is 5.94. The van der Waals surface area contributed by atoms with E-state index in [0.717, 1.165) is 29.4 Å². The molecule has 0 saturated heterocycles. The van der Waals surface area contributed by atoms with E-state index < -0.39 is 0 Å².